The Labute approximate surface area is 119 Å². The van der Waals surface area contributed by atoms with Gasteiger partial charge < -0.3 is 5.32 Å². The van der Waals surface area contributed by atoms with Gasteiger partial charge in [0.15, 0.2) is 0 Å². The summed E-state index contributed by atoms with van der Waals surface area (Å²) in [5.74, 6) is -0.411. The molecule has 1 aromatic rings. The molecule has 0 aromatic heterocycles. The average molecular weight is 356 g/mol. The van der Waals surface area contributed by atoms with Gasteiger partial charge in [-0.05, 0) is 41.1 Å². The van der Waals surface area contributed by atoms with Crippen molar-refractivity contribution in [1.82, 2.24) is 10.0 Å². The van der Waals surface area contributed by atoms with E-state index in [1.807, 2.05) is 0 Å². The molecule has 0 bridgehead atoms. The van der Waals surface area contributed by atoms with Crippen LogP contribution in [0.25, 0.3) is 0 Å². The summed E-state index contributed by atoms with van der Waals surface area (Å²) in [4.78, 5) is 11.3. The van der Waals surface area contributed by atoms with Crippen LogP contribution in [0.4, 0.5) is 0 Å². The molecule has 0 aliphatic heterocycles. The molecule has 5 nitrogen and oxygen atoms in total. The van der Waals surface area contributed by atoms with E-state index < -0.39 is 22.0 Å². The molecule has 1 rings (SSSR count). The molecule has 0 aliphatic carbocycles. The van der Waals surface area contributed by atoms with Crippen molar-refractivity contribution in [3.05, 3.63) is 27.7 Å². The number of halogens is 2. The summed E-state index contributed by atoms with van der Waals surface area (Å²) in [6.07, 6.45) is 0. The molecular weight excluding hydrogens is 344 g/mol. The average Bonchev–Trinajstić information content (AvgIpc) is 2.30. The highest BCUT2D eigenvalue weighted by atomic mass is 79.9. The first kappa shape index (κ1) is 15.4. The maximum absolute atomic E-state index is 12.0. The maximum atomic E-state index is 12.0. The van der Waals surface area contributed by atoms with Gasteiger partial charge in [-0.25, -0.2) is 8.42 Å². The minimum Gasteiger partial charge on any atom is -0.358 e. The molecule has 1 atom stereocenters. The molecule has 0 radical (unpaired) electrons. The smallest absolute Gasteiger partial charge is 0.241 e. The second-order valence-electron chi connectivity index (χ2n) is 3.53. The molecule has 0 aliphatic rings. The Bertz CT molecular complexity index is 562. The van der Waals surface area contributed by atoms with Crippen LogP contribution in [0.15, 0.2) is 27.6 Å². The molecule has 8 heteroatoms. The van der Waals surface area contributed by atoms with Gasteiger partial charge in [0.2, 0.25) is 15.9 Å². The fourth-order valence-corrected chi connectivity index (χ4v) is 3.09. The highest BCUT2D eigenvalue weighted by Gasteiger charge is 2.21. The molecule has 2 N–H and O–H groups in total. The zero-order chi connectivity index (χ0) is 13.9. The molecule has 1 amide bonds. The first-order chi connectivity index (χ1) is 8.27. The van der Waals surface area contributed by atoms with Gasteiger partial charge in [-0.3, -0.25) is 4.79 Å². The van der Waals surface area contributed by atoms with E-state index in [4.69, 9.17) is 11.6 Å². The number of carbonyl (C=O) groups is 1. The second-order valence-corrected chi connectivity index (χ2v) is 6.51. The monoisotopic (exact) mass is 354 g/mol. The number of hydrogen-bond donors (Lipinski definition) is 2. The quantitative estimate of drug-likeness (QED) is 0.860. The van der Waals surface area contributed by atoms with E-state index >= 15 is 0 Å². The van der Waals surface area contributed by atoms with Gasteiger partial charge in [0.1, 0.15) is 0 Å². The van der Waals surface area contributed by atoms with E-state index in [1.54, 1.807) is 0 Å². The van der Waals surface area contributed by atoms with Gasteiger partial charge in [0.05, 0.1) is 16.0 Å². The Morgan fingerprint density at radius 1 is 1.44 bits per heavy atom. The lowest BCUT2D eigenvalue weighted by molar-refractivity contribution is -0.121. The van der Waals surface area contributed by atoms with E-state index in [9.17, 15) is 13.2 Å². The van der Waals surface area contributed by atoms with Crippen LogP contribution >= 0.6 is 27.5 Å². The van der Waals surface area contributed by atoms with E-state index in [-0.39, 0.29) is 4.90 Å². The van der Waals surface area contributed by atoms with Crippen molar-refractivity contribution < 1.29 is 13.2 Å². The number of rotatable bonds is 4. The third kappa shape index (κ3) is 3.68. The second kappa shape index (κ2) is 6.01. The number of hydrogen-bond acceptors (Lipinski definition) is 3. The topological polar surface area (TPSA) is 75.3 Å². The van der Waals surface area contributed by atoms with Crippen LogP contribution in [0.2, 0.25) is 5.02 Å². The molecule has 0 fully saturated rings. The lowest BCUT2D eigenvalue weighted by Crippen LogP contribution is -2.43. The zero-order valence-corrected chi connectivity index (χ0v) is 12.9. The van der Waals surface area contributed by atoms with Crippen LogP contribution in [0.1, 0.15) is 6.92 Å². The van der Waals surface area contributed by atoms with Gasteiger partial charge in [0.25, 0.3) is 0 Å². The lowest BCUT2D eigenvalue weighted by Gasteiger charge is -2.13. The Kier molecular flexibility index (Phi) is 5.15. The SMILES string of the molecule is CNC(=O)C(C)NS(=O)(=O)c1ccc(Cl)c(Br)c1. The summed E-state index contributed by atoms with van der Waals surface area (Å²) < 4.78 is 26.7. The van der Waals surface area contributed by atoms with Gasteiger partial charge in [-0.2, -0.15) is 4.72 Å². The molecule has 0 saturated carbocycles. The Morgan fingerprint density at radius 2 is 2.06 bits per heavy atom. The maximum Gasteiger partial charge on any atom is 0.241 e. The Balaban J connectivity index is 3.00. The summed E-state index contributed by atoms with van der Waals surface area (Å²) in [5, 5.41) is 2.77. The third-order valence-electron chi connectivity index (χ3n) is 2.17. The van der Waals surface area contributed by atoms with Crippen LogP contribution in [-0.2, 0) is 14.8 Å². The van der Waals surface area contributed by atoms with Crippen molar-refractivity contribution >= 4 is 43.5 Å². The largest absolute Gasteiger partial charge is 0.358 e. The molecule has 1 aromatic carbocycles. The molecular formula is C10H12BrClN2O3S. The Morgan fingerprint density at radius 3 is 2.56 bits per heavy atom. The number of benzene rings is 1. The molecule has 0 heterocycles. The van der Waals surface area contributed by atoms with Crippen LogP contribution in [0, 0.1) is 0 Å². The van der Waals surface area contributed by atoms with Crippen molar-refractivity contribution in [3.8, 4) is 0 Å². The van der Waals surface area contributed by atoms with Crippen molar-refractivity contribution in [2.24, 2.45) is 0 Å². The van der Waals surface area contributed by atoms with Crippen LogP contribution in [0.3, 0.4) is 0 Å². The van der Waals surface area contributed by atoms with Gasteiger partial charge >= 0.3 is 0 Å². The number of nitrogens with one attached hydrogen (secondary N) is 2. The van der Waals surface area contributed by atoms with Crippen molar-refractivity contribution in [2.45, 2.75) is 17.9 Å². The summed E-state index contributed by atoms with van der Waals surface area (Å²) >= 11 is 8.93. The van der Waals surface area contributed by atoms with Gasteiger partial charge in [-0.15, -0.1) is 0 Å². The zero-order valence-electron chi connectivity index (χ0n) is 9.70. The predicted octanol–water partition coefficient (Wildman–Crippen LogP) is 1.52. The molecule has 18 heavy (non-hydrogen) atoms. The molecule has 0 saturated heterocycles. The van der Waals surface area contributed by atoms with Crippen molar-refractivity contribution in [1.29, 1.82) is 0 Å². The normalized spacial score (nSPS) is 13.1. The molecule has 100 valence electrons. The molecule has 1 unspecified atom stereocenters. The number of amides is 1. The van der Waals surface area contributed by atoms with Gasteiger partial charge in [0, 0.05) is 11.5 Å². The first-order valence-electron chi connectivity index (χ1n) is 4.97. The predicted molar refractivity (Wildman–Crippen MR) is 73.0 cm³/mol. The highest BCUT2D eigenvalue weighted by molar-refractivity contribution is 9.10. The Hall–Kier alpha value is -0.630. The lowest BCUT2D eigenvalue weighted by atomic mass is 10.3. The number of likely N-dealkylation sites (N-methyl/N-ethyl adjacent to an activating group) is 1. The summed E-state index contributed by atoms with van der Waals surface area (Å²) in [6.45, 7) is 1.46. The summed E-state index contributed by atoms with van der Waals surface area (Å²) in [6, 6.07) is 3.35. The van der Waals surface area contributed by atoms with E-state index in [1.165, 1.54) is 32.2 Å². The molecule has 0 spiro atoms. The van der Waals surface area contributed by atoms with E-state index in [0.717, 1.165) is 0 Å². The van der Waals surface area contributed by atoms with Crippen molar-refractivity contribution in [3.63, 3.8) is 0 Å². The van der Waals surface area contributed by atoms with Crippen LogP contribution in [-0.4, -0.2) is 27.4 Å². The fraction of sp³-hybridized carbons (Fsp3) is 0.300. The minimum absolute atomic E-state index is 0.0366. The summed E-state index contributed by atoms with van der Waals surface area (Å²) in [5.41, 5.74) is 0. The number of carbonyl (C=O) groups excluding carboxylic acids is 1. The van der Waals surface area contributed by atoms with Crippen LogP contribution < -0.4 is 10.0 Å². The van der Waals surface area contributed by atoms with Crippen LogP contribution in [0.5, 0.6) is 0 Å². The first-order valence-corrected chi connectivity index (χ1v) is 7.62. The third-order valence-corrected chi connectivity index (χ3v) is 4.93. The van der Waals surface area contributed by atoms with E-state index in [2.05, 4.69) is 26.0 Å². The minimum atomic E-state index is -3.75. The van der Waals surface area contributed by atoms with Gasteiger partial charge in [-0.1, -0.05) is 11.6 Å². The van der Waals surface area contributed by atoms with Crippen molar-refractivity contribution in [2.75, 3.05) is 7.05 Å². The summed E-state index contributed by atoms with van der Waals surface area (Å²) in [7, 11) is -2.32. The fourth-order valence-electron chi connectivity index (χ4n) is 1.21. The highest BCUT2D eigenvalue weighted by Crippen LogP contribution is 2.25. The standard InChI is InChI=1S/C10H12BrClN2O3S/c1-6(10(15)13-2)14-18(16,17)7-3-4-9(12)8(11)5-7/h3-6,14H,1-2H3,(H,13,15). The van der Waals surface area contributed by atoms with E-state index in [0.29, 0.717) is 9.50 Å². The number of sulfonamides is 1.